The van der Waals surface area contributed by atoms with Crippen LogP contribution in [0.3, 0.4) is 0 Å². The molecule has 0 radical (unpaired) electrons. The van der Waals surface area contributed by atoms with E-state index in [1.165, 1.54) is 0 Å². The van der Waals surface area contributed by atoms with E-state index in [-0.39, 0.29) is 6.10 Å². The Morgan fingerprint density at radius 1 is 1.45 bits per heavy atom. The van der Waals surface area contributed by atoms with Crippen molar-refractivity contribution in [1.82, 2.24) is 9.97 Å². The smallest absolute Gasteiger partial charge is 0.158 e. The number of nitrogens with two attached hydrogens (primary N) is 1. The van der Waals surface area contributed by atoms with E-state index in [0.717, 1.165) is 25.4 Å². The van der Waals surface area contributed by atoms with E-state index in [1.807, 2.05) is 13.0 Å². The molecule has 1 aliphatic rings. The lowest BCUT2D eigenvalue weighted by Gasteiger charge is -2.39. The summed E-state index contributed by atoms with van der Waals surface area (Å²) in [5.41, 5.74) is 5.89. The van der Waals surface area contributed by atoms with Crippen LogP contribution in [0, 0.1) is 0 Å². The molecule has 0 spiro atoms. The fraction of sp³-hybridized carbons (Fsp3) is 0.714. The number of morpholine rings is 1. The van der Waals surface area contributed by atoms with Gasteiger partial charge in [0.05, 0.1) is 18.8 Å². The molecule has 2 N–H and O–H groups in total. The average molecular weight is 280 g/mol. The highest BCUT2D eigenvalue weighted by Crippen LogP contribution is 2.23. The zero-order valence-corrected chi connectivity index (χ0v) is 12.5. The van der Waals surface area contributed by atoms with Gasteiger partial charge in [0.15, 0.2) is 5.82 Å². The molecule has 6 nitrogen and oxygen atoms in total. The molecule has 1 saturated heterocycles. The molecular weight excluding hydrogens is 256 g/mol. The van der Waals surface area contributed by atoms with Crippen LogP contribution in [-0.2, 0) is 16.1 Å². The third-order valence-corrected chi connectivity index (χ3v) is 3.45. The molecule has 0 aromatic carbocycles. The second kappa shape index (κ2) is 6.85. The predicted molar refractivity (Wildman–Crippen MR) is 78.6 cm³/mol. The van der Waals surface area contributed by atoms with Crippen molar-refractivity contribution in [2.75, 3.05) is 30.4 Å². The van der Waals surface area contributed by atoms with Crippen molar-refractivity contribution in [3.8, 4) is 0 Å². The third kappa shape index (κ3) is 3.58. The van der Waals surface area contributed by atoms with Gasteiger partial charge in [-0.25, -0.2) is 9.97 Å². The normalized spacial score (nSPS) is 23.1. The fourth-order valence-electron chi connectivity index (χ4n) is 2.37. The van der Waals surface area contributed by atoms with Gasteiger partial charge in [0.25, 0.3) is 0 Å². The second-order valence-electron chi connectivity index (χ2n) is 5.06. The third-order valence-electron chi connectivity index (χ3n) is 3.45. The zero-order chi connectivity index (χ0) is 14.5. The zero-order valence-electron chi connectivity index (χ0n) is 12.5. The van der Waals surface area contributed by atoms with Crippen molar-refractivity contribution >= 4 is 11.6 Å². The highest BCUT2D eigenvalue weighted by atomic mass is 16.5. The van der Waals surface area contributed by atoms with Crippen molar-refractivity contribution < 1.29 is 9.47 Å². The first kappa shape index (κ1) is 15.0. The van der Waals surface area contributed by atoms with E-state index in [4.69, 9.17) is 15.2 Å². The van der Waals surface area contributed by atoms with Gasteiger partial charge in [0.1, 0.15) is 18.2 Å². The maximum atomic E-state index is 5.89. The standard InChI is InChI=1S/C14H24N4O2/c1-4-11-8-20-10(3)7-18(11)14-6-12(15)16-13(17-14)9-19-5-2/h6,10-11H,4-5,7-9H2,1-3H3,(H2,15,16,17). The average Bonchev–Trinajstić information content (AvgIpc) is 2.44. The molecule has 2 atom stereocenters. The molecule has 20 heavy (non-hydrogen) atoms. The first-order valence-corrected chi connectivity index (χ1v) is 7.23. The second-order valence-corrected chi connectivity index (χ2v) is 5.06. The molecule has 112 valence electrons. The maximum absolute atomic E-state index is 5.89. The van der Waals surface area contributed by atoms with Crippen LogP contribution in [0.1, 0.15) is 33.0 Å². The van der Waals surface area contributed by atoms with E-state index < -0.39 is 0 Å². The van der Waals surface area contributed by atoms with Crippen molar-refractivity contribution in [3.05, 3.63) is 11.9 Å². The summed E-state index contributed by atoms with van der Waals surface area (Å²) in [7, 11) is 0. The predicted octanol–water partition coefficient (Wildman–Crippen LogP) is 1.60. The Balaban J connectivity index is 2.22. The number of rotatable bonds is 5. The molecule has 1 aromatic heterocycles. The lowest BCUT2D eigenvalue weighted by Crippen LogP contribution is -2.49. The highest BCUT2D eigenvalue weighted by Gasteiger charge is 2.27. The summed E-state index contributed by atoms with van der Waals surface area (Å²) in [5.74, 6) is 1.99. The minimum absolute atomic E-state index is 0.198. The Morgan fingerprint density at radius 3 is 2.95 bits per heavy atom. The molecule has 0 amide bonds. The van der Waals surface area contributed by atoms with Crippen molar-refractivity contribution in [3.63, 3.8) is 0 Å². The maximum Gasteiger partial charge on any atom is 0.158 e. The van der Waals surface area contributed by atoms with Crippen LogP contribution in [-0.4, -0.2) is 41.9 Å². The fourth-order valence-corrected chi connectivity index (χ4v) is 2.37. The monoisotopic (exact) mass is 280 g/mol. The van der Waals surface area contributed by atoms with Gasteiger partial charge in [-0.15, -0.1) is 0 Å². The van der Waals surface area contributed by atoms with E-state index in [0.29, 0.717) is 30.9 Å². The minimum Gasteiger partial charge on any atom is -0.384 e. The Morgan fingerprint density at radius 2 is 2.25 bits per heavy atom. The van der Waals surface area contributed by atoms with E-state index in [9.17, 15) is 0 Å². The molecule has 2 rings (SSSR count). The molecule has 2 unspecified atom stereocenters. The van der Waals surface area contributed by atoms with Gasteiger partial charge in [-0.3, -0.25) is 0 Å². The minimum atomic E-state index is 0.198. The van der Waals surface area contributed by atoms with Crippen LogP contribution >= 0.6 is 0 Å². The Labute approximate surface area is 120 Å². The lowest BCUT2D eigenvalue weighted by atomic mass is 10.1. The van der Waals surface area contributed by atoms with Crippen LogP contribution in [0.2, 0.25) is 0 Å². The Hall–Kier alpha value is -1.40. The Bertz CT molecular complexity index is 441. The van der Waals surface area contributed by atoms with Gasteiger partial charge >= 0.3 is 0 Å². The molecule has 0 bridgehead atoms. The molecule has 0 saturated carbocycles. The van der Waals surface area contributed by atoms with Gasteiger partial charge in [-0.1, -0.05) is 6.92 Å². The van der Waals surface area contributed by atoms with Crippen molar-refractivity contribution in [2.45, 2.75) is 45.9 Å². The molecule has 6 heteroatoms. The molecule has 1 aliphatic heterocycles. The number of nitrogens with zero attached hydrogens (tertiary/aromatic N) is 3. The summed E-state index contributed by atoms with van der Waals surface area (Å²) in [5, 5.41) is 0. The van der Waals surface area contributed by atoms with Crippen LogP contribution in [0.4, 0.5) is 11.6 Å². The van der Waals surface area contributed by atoms with E-state index in [2.05, 4.69) is 28.7 Å². The van der Waals surface area contributed by atoms with Crippen molar-refractivity contribution in [1.29, 1.82) is 0 Å². The van der Waals surface area contributed by atoms with Gasteiger partial charge < -0.3 is 20.1 Å². The van der Waals surface area contributed by atoms with Crippen LogP contribution in [0.5, 0.6) is 0 Å². The number of aromatic nitrogens is 2. The van der Waals surface area contributed by atoms with Gasteiger partial charge in [-0.2, -0.15) is 0 Å². The van der Waals surface area contributed by atoms with Gasteiger partial charge in [0, 0.05) is 19.2 Å². The Kier molecular flexibility index (Phi) is 5.14. The molecule has 0 aliphatic carbocycles. The first-order valence-electron chi connectivity index (χ1n) is 7.23. The number of ether oxygens (including phenoxy) is 2. The highest BCUT2D eigenvalue weighted by molar-refractivity contribution is 5.48. The number of hydrogen-bond acceptors (Lipinski definition) is 6. The molecule has 1 aromatic rings. The summed E-state index contributed by atoms with van der Waals surface area (Å²) >= 11 is 0. The van der Waals surface area contributed by atoms with E-state index >= 15 is 0 Å². The number of nitrogen functional groups attached to an aromatic ring is 1. The van der Waals surface area contributed by atoms with Crippen LogP contribution in [0.25, 0.3) is 0 Å². The van der Waals surface area contributed by atoms with Crippen molar-refractivity contribution in [2.24, 2.45) is 0 Å². The molecule has 2 heterocycles. The number of anilines is 2. The van der Waals surface area contributed by atoms with Crippen LogP contribution < -0.4 is 10.6 Å². The summed E-state index contributed by atoms with van der Waals surface area (Å²) in [4.78, 5) is 11.1. The van der Waals surface area contributed by atoms with Gasteiger partial charge in [-0.05, 0) is 20.3 Å². The number of hydrogen-bond donors (Lipinski definition) is 1. The van der Waals surface area contributed by atoms with Crippen LogP contribution in [0.15, 0.2) is 6.07 Å². The first-order chi connectivity index (χ1) is 9.63. The summed E-state index contributed by atoms with van der Waals surface area (Å²) < 4.78 is 11.1. The SMILES string of the molecule is CCOCc1nc(N)cc(N2CC(C)OCC2CC)n1. The van der Waals surface area contributed by atoms with Gasteiger partial charge in [0.2, 0.25) is 0 Å². The quantitative estimate of drug-likeness (QED) is 0.883. The lowest BCUT2D eigenvalue weighted by molar-refractivity contribution is 0.0295. The molecule has 1 fully saturated rings. The van der Waals surface area contributed by atoms with E-state index in [1.54, 1.807) is 0 Å². The molecular formula is C14H24N4O2. The summed E-state index contributed by atoms with van der Waals surface area (Å²) in [6.07, 6.45) is 1.21. The largest absolute Gasteiger partial charge is 0.384 e. The summed E-state index contributed by atoms with van der Waals surface area (Å²) in [6.45, 7) is 8.76. The topological polar surface area (TPSA) is 73.5 Å². The summed E-state index contributed by atoms with van der Waals surface area (Å²) in [6, 6.07) is 2.16.